The van der Waals surface area contributed by atoms with Crippen molar-refractivity contribution in [3.05, 3.63) is 48.2 Å². The summed E-state index contributed by atoms with van der Waals surface area (Å²) in [6.45, 7) is 2.45. The highest BCUT2D eigenvalue weighted by molar-refractivity contribution is 7.13. The lowest BCUT2D eigenvalue weighted by Gasteiger charge is -2.08. The number of fused-ring (bicyclic) bond motifs is 1. The van der Waals surface area contributed by atoms with Gasteiger partial charge in [0, 0.05) is 11.3 Å². The van der Waals surface area contributed by atoms with Crippen LogP contribution in [0.15, 0.2) is 48.2 Å². The summed E-state index contributed by atoms with van der Waals surface area (Å²) < 4.78 is 5.55. The van der Waals surface area contributed by atoms with E-state index in [1.807, 2.05) is 43.3 Å². The normalized spacial score (nSPS) is 10.8. The van der Waals surface area contributed by atoms with Crippen LogP contribution in [0.25, 0.3) is 22.3 Å². The summed E-state index contributed by atoms with van der Waals surface area (Å²) in [5, 5.41) is 11.7. The molecule has 124 valence electrons. The van der Waals surface area contributed by atoms with E-state index < -0.39 is 0 Å². The third kappa shape index (κ3) is 3.24. The van der Waals surface area contributed by atoms with E-state index in [4.69, 9.17) is 4.74 Å². The standard InChI is InChI=1S/C17H14N6OS/c1-2-24-16-15-14(18-9-19-16)8-7-13(22-15)11-3-5-12(6-4-11)21-17-23-20-10-25-17/h3-10H,2H2,1H3,(H,21,23). The van der Waals surface area contributed by atoms with Crippen molar-refractivity contribution in [3.8, 4) is 17.1 Å². The number of pyridine rings is 1. The van der Waals surface area contributed by atoms with Crippen LogP contribution in [0.4, 0.5) is 10.8 Å². The van der Waals surface area contributed by atoms with Crippen LogP contribution < -0.4 is 10.1 Å². The second-order valence-corrected chi connectivity index (χ2v) is 5.96. The number of benzene rings is 1. The number of anilines is 2. The van der Waals surface area contributed by atoms with Gasteiger partial charge in [-0.3, -0.25) is 0 Å². The summed E-state index contributed by atoms with van der Waals surface area (Å²) in [6, 6.07) is 11.8. The Labute approximate surface area is 147 Å². The maximum atomic E-state index is 5.55. The van der Waals surface area contributed by atoms with Crippen molar-refractivity contribution in [3.63, 3.8) is 0 Å². The van der Waals surface area contributed by atoms with Gasteiger partial charge in [0.05, 0.1) is 17.8 Å². The van der Waals surface area contributed by atoms with E-state index in [0.717, 1.165) is 27.6 Å². The average Bonchev–Trinajstić information content (AvgIpc) is 3.16. The smallest absolute Gasteiger partial charge is 0.243 e. The lowest BCUT2D eigenvalue weighted by atomic mass is 10.1. The fourth-order valence-corrected chi connectivity index (χ4v) is 2.86. The molecule has 0 aliphatic rings. The van der Waals surface area contributed by atoms with Gasteiger partial charge in [-0.05, 0) is 31.2 Å². The van der Waals surface area contributed by atoms with Crippen LogP contribution in [0, 0.1) is 0 Å². The molecule has 4 aromatic rings. The summed E-state index contributed by atoms with van der Waals surface area (Å²) in [7, 11) is 0. The van der Waals surface area contributed by atoms with Crippen molar-refractivity contribution in [2.24, 2.45) is 0 Å². The molecule has 0 fully saturated rings. The zero-order chi connectivity index (χ0) is 17.1. The molecule has 0 spiro atoms. The van der Waals surface area contributed by atoms with E-state index in [0.29, 0.717) is 18.0 Å². The minimum atomic E-state index is 0.504. The van der Waals surface area contributed by atoms with Gasteiger partial charge in [0.15, 0.2) is 5.52 Å². The molecule has 0 bridgehead atoms. The van der Waals surface area contributed by atoms with Gasteiger partial charge in [-0.25, -0.2) is 9.97 Å². The third-order valence-corrected chi connectivity index (χ3v) is 4.13. The van der Waals surface area contributed by atoms with Crippen LogP contribution in [-0.2, 0) is 0 Å². The molecule has 0 radical (unpaired) electrons. The number of aromatic nitrogens is 5. The topological polar surface area (TPSA) is 85.7 Å². The van der Waals surface area contributed by atoms with Crippen molar-refractivity contribution in [1.82, 2.24) is 25.1 Å². The predicted molar refractivity (Wildman–Crippen MR) is 97.1 cm³/mol. The van der Waals surface area contributed by atoms with Crippen LogP contribution in [0.1, 0.15) is 6.92 Å². The van der Waals surface area contributed by atoms with Crippen LogP contribution in [-0.4, -0.2) is 31.8 Å². The lowest BCUT2D eigenvalue weighted by molar-refractivity contribution is 0.330. The molecule has 25 heavy (non-hydrogen) atoms. The number of nitrogens with one attached hydrogen (secondary N) is 1. The van der Waals surface area contributed by atoms with Crippen LogP contribution >= 0.6 is 11.3 Å². The van der Waals surface area contributed by atoms with Gasteiger partial charge in [0.25, 0.3) is 0 Å². The molecule has 0 amide bonds. The van der Waals surface area contributed by atoms with Crippen molar-refractivity contribution in [2.45, 2.75) is 6.92 Å². The number of nitrogens with zero attached hydrogens (tertiary/aromatic N) is 5. The maximum Gasteiger partial charge on any atom is 0.243 e. The van der Waals surface area contributed by atoms with Crippen molar-refractivity contribution < 1.29 is 4.74 Å². The molecule has 7 nitrogen and oxygen atoms in total. The Morgan fingerprint density at radius 1 is 1.08 bits per heavy atom. The molecule has 4 rings (SSSR count). The van der Waals surface area contributed by atoms with E-state index in [1.54, 1.807) is 5.51 Å². The lowest BCUT2D eigenvalue weighted by Crippen LogP contribution is -1.98. The SMILES string of the molecule is CCOc1ncnc2ccc(-c3ccc(Nc4nncs4)cc3)nc12. The highest BCUT2D eigenvalue weighted by Gasteiger charge is 2.09. The number of ether oxygens (including phenoxy) is 1. The molecule has 0 saturated heterocycles. The van der Waals surface area contributed by atoms with Crippen LogP contribution in [0.5, 0.6) is 5.88 Å². The Kier molecular flexibility index (Phi) is 4.17. The van der Waals surface area contributed by atoms with E-state index in [1.165, 1.54) is 17.7 Å². The van der Waals surface area contributed by atoms with E-state index in [-0.39, 0.29) is 0 Å². The van der Waals surface area contributed by atoms with Gasteiger partial charge in [-0.1, -0.05) is 23.5 Å². The second kappa shape index (κ2) is 6.78. The van der Waals surface area contributed by atoms with Gasteiger partial charge in [-0.2, -0.15) is 4.98 Å². The van der Waals surface area contributed by atoms with Crippen molar-refractivity contribution in [2.75, 3.05) is 11.9 Å². The molecule has 0 aliphatic carbocycles. The maximum absolute atomic E-state index is 5.55. The number of hydrogen-bond acceptors (Lipinski definition) is 8. The zero-order valence-corrected chi connectivity index (χ0v) is 14.2. The first-order valence-corrected chi connectivity index (χ1v) is 8.59. The predicted octanol–water partition coefficient (Wildman–Crippen LogP) is 3.69. The highest BCUT2D eigenvalue weighted by Crippen LogP contribution is 2.26. The Hall–Kier alpha value is -3.13. The summed E-state index contributed by atoms with van der Waals surface area (Å²) in [5.41, 5.74) is 5.89. The molecule has 0 atom stereocenters. The fourth-order valence-electron chi connectivity index (χ4n) is 2.40. The molecule has 0 unspecified atom stereocenters. The molecule has 3 heterocycles. The molecule has 1 aromatic carbocycles. The molecule has 8 heteroatoms. The molecular weight excluding hydrogens is 336 g/mol. The molecule has 0 saturated carbocycles. The minimum Gasteiger partial charge on any atom is -0.476 e. The summed E-state index contributed by atoms with van der Waals surface area (Å²) in [4.78, 5) is 13.1. The first-order chi connectivity index (χ1) is 12.3. The Morgan fingerprint density at radius 3 is 2.72 bits per heavy atom. The van der Waals surface area contributed by atoms with E-state index in [2.05, 4.69) is 30.5 Å². The average molecular weight is 350 g/mol. The molecular formula is C17H14N6OS. The largest absolute Gasteiger partial charge is 0.476 e. The Morgan fingerprint density at radius 2 is 1.96 bits per heavy atom. The molecule has 0 aliphatic heterocycles. The number of rotatable bonds is 5. The molecule has 1 N–H and O–H groups in total. The van der Waals surface area contributed by atoms with Gasteiger partial charge in [-0.15, -0.1) is 10.2 Å². The minimum absolute atomic E-state index is 0.504. The van der Waals surface area contributed by atoms with Crippen molar-refractivity contribution in [1.29, 1.82) is 0 Å². The summed E-state index contributed by atoms with van der Waals surface area (Å²) in [6.07, 6.45) is 1.49. The summed E-state index contributed by atoms with van der Waals surface area (Å²) in [5.74, 6) is 0.504. The quantitative estimate of drug-likeness (QED) is 0.587. The van der Waals surface area contributed by atoms with Gasteiger partial charge in [0.2, 0.25) is 11.0 Å². The van der Waals surface area contributed by atoms with Crippen LogP contribution in [0.3, 0.4) is 0 Å². The van der Waals surface area contributed by atoms with Crippen molar-refractivity contribution >= 4 is 33.2 Å². The molecule has 3 aromatic heterocycles. The number of hydrogen-bond donors (Lipinski definition) is 1. The van der Waals surface area contributed by atoms with Gasteiger partial charge >= 0.3 is 0 Å². The second-order valence-electron chi connectivity index (χ2n) is 5.12. The van der Waals surface area contributed by atoms with Gasteiger partial charge < -0.3 is 10.1 Å². The van der Waals surface area contributed by atoms with E-state index >= 15 is 0 Å². The van der Waals surface area contributed by atoms with Crippen LogP contribution in [0.2, 0.25) is 0 Å². The Balaban J connectivity index is 1.65. The first-order valence-electron chi connectivity index (χ1n) is 7.71. The third-order valence-electron chi connectivity index (χ3n) is 3.52. The van der Waals surface area contributed by atoms with Gasteiger partial charge in [0.1, 0.15) is 11.8 Å². The fraction of sp³-hybridized carbons (Fsp3) is 0.118. The Bertz CT molecular complexity index is 988. The monoisotopic (exact) mass is 350 g/mol. The first kappa shape index (κ1) is 15.4. The summed E-state index contributed by atoms with van der Waals surface area (Å²) >= 11 is 1.45. The zero-order valence-electron chi connectivity index (χ0n) is 13.4. The highest BCUT2D eigenvalue weighted by atomic mass is 32.1. The van der Waals surface area contributed by atoms with E-state index in [9.17, 15) is 0 Å².